The van der Waals surface area contributed by atoms with Crippen LogP contribution in [0.5, 0.6) is 0 Å². The molecule has 3 nitrogen and oxygen atoms in total. The van der Waals surface area contributed by atoms with Crippen LogP contribution in [0.1, 0.15) is 52.4 Å². The first-order valence-corrected chi connectivity index (χ1v) is 8.10. The van der Waals surface area contributed by atoms with Gasteiger partial charge < -0.3 is 11.1 Å². The minimum atomic E-state index is 0.103. The SMILES string of the molecule is CC1CC(C)CC(NC(=O)C2C3CCC(C3)C2N)C1. The number of rotatable bonds is 2. The second-order valence-electron chi connectivity index (χ2n) is 7.56. The molecule has 6 atom stereocenters. The van der Waals surface area contributed by atoms with Crippen LogP contribution in [0.4, 0.5) is 0 Å². The monoisotopic (exact) mass is 264 g/mol. The average molecular weight is 264 g/mol. The van der Waals surface area contributed by atoms with Gasteiger partial charge in [0.25, 0.3) is 0 Å². The Kier molecular flexibility index (Phi) is 3.59. The van der Waals surface area contributed by atoms with Crippen LogP contribution >= 0.6 is 0 Å². The Balaban J connectivity index is 1.59. The first-order chi connectivity index (χ1) is 9.04. The van der Waals surface area contributed by atoms with Crippen molar-refractivity contribution in [2.24, 2.45) is 35.3 Å². The summed E-state index contributed by atoms with van der Waals surface area (Å²) in [6, 6.07) is 0.509. The van der Waals surface area contributed by atoms with E-state index in [-0.39, 0.29) is 17.9 Å². The largest absolute Gasteiger partial charge is 0.353 e. The molecule has 2 bridgehead atoms. The molecule has 3 heteroatoms. The molecule has 0 aromatic carbocycles. The second-order valence-corrected chi connectivity index (χ2v) is 7.56. The molecule has 6 unspecified atom stereocenters. The molecule has 3 N–H and O–H groups in total. The van der Waals surface area contributed by atoms with Crippen molar-refractivity contribution in [1.29, 1.82) is 0 Å². The molecule has 0 heterocycles. The smallest absolute Gasteiger partial charge is 0.225 e. The van der Waals surface area contributed by atoms with Crippen LogP contribution in [0.25, 0.3) is 0 Å². The molecule has 3 aliphatic rings. The zero-order valence-electron chi connectivity index (χ0n) is 12.3. The Morgan fingerprint density at radius 1 is 1.00 bits per heavy atom. The minimum absolute atomic E-state index is 0.103. The van der Waals surface area contributed by atoms with Gasteiger partial charge in [0, 0.05) is 12.1 Å². The molecule has 0 radical (unpaired) electrons. The fourth-order valence-electron chi connectivity index (χ4n) is 5.09. The molecule has 19 heavy (non-hydrogen) atoms. The van der Waals surface area contributed by atoms with E-state index in [0.29, 0.717) is 17.9 Å². The number of hydrogen-bond acceptors (Lipinski definition) is 2. The Bertz CT molecular complexity index is 345. The van der Waals surface area contributed by atoms with Gasteiger partial charge in [-0.1, -0.05) is 13.8 Å². The van der Waals surface area contributed by atoms with Crippen molar-refractivity contribution in [3.05, 3.63) is 0 Å². The maximum atomic E-state index is 12.5. The fourth-order valence-corrected chi connectivity index (χ4v) is 5.09. The Hall–Kier alpha value is -0.570. The van der Waals surface area contributed by atoms with Gasteiger partial charge in [0.15, 0.2) is 0 Å². The molecular formula is C16H28N2O. The summed E-state index contributed by atoms with van der Waals surface area (Å²) >= 11 is 0. The lowest BCUT2D eigenvalue weighted by molar-refractivity contribution is -0.128. The van der Waals surface area contributed by atoms with Crippen LogP contribution < -0.4 is 11.1 Å². The standard InChI is InChI=1S/C16H28N2O/c1-9-5-10(2)7-13(6-9)18-16(19)14-11-3-4-12(8-11)15(14)17/h9-15H,3-8,17H2,1-2H3,(H,18,19). The lowest BCUT2D eigenvalue weighted by Gasteiger charge is -2.34. The summed E-state index contributed by atoms with van der Waals surface area (Å²) < 4.78 is 0. The second kappa shape index (κ2) is 5.08. The van der Waals surface area contributed by atoms with Gasteiger partial charge in [-0.2, -0.15) is 0 Å². The fraction of sp³-hybridized carbons (Fsp3) is 0.938. The van der Waals surface area contributed by atoms with Crippen molar-refractivity contribution in [2.75, 3.05) is 0 Å². The summed E-state index contributed by atoms with van der Waals surface area (Å²) in [4.78, 5) is 12.5. The number of fused-ring (bicyclic) bond motifs is 2. The highest BCUT2D eigenvalue weighted by atomic mass is 16.2. The summed E-state index contributed by atoms with van der Waals surface area (Å²) in [5.74, 6) is 3.02. The van der Waals surface area contributed by atoms with Crippen LogP contribution in [0.15, 0.2) is 0 Å². The predicted molar refractivity (Wildman–Crippen MR) is 76.4 cm³/mol. The van der Waals surface area contributed by atoms with Crippen molar-refractivity contribution < 1.29 is 4.79 Å². The van der Waals surface area contributed by atoms with Crippen LogP contribution in [0.3, 0.4) is 0 Å². The summed E-state index contributed by atoms with van der Waals surface area (Å²) in [7, 11) is 0. The highest BCUT2D eigenvalue weighted by Gasteiger charge is 2.49. The van der Waals surface area contributed by atoms with Crippen LogP contribution in [-0.2, 0) is 4.79 Å². The van der Waals surface area contributed by atoms with E-state index in [2.05, 4.69) is 19.2 Å². The number of carbonyl (C=O) groups excluding carboxylic acids is 1. The van der Waals surface area contributed by atoms with E-state index >= 15 is 0 Å². The predicted octanol–water partition coefficient (Wildman–Crippen LogP) is 2.30. The molecule has 0 spiro atoms. The van der Waals surface area contributed by atoms with E-state index in [1.807, 2.05) is 0 Å². The molecule has 1 amide bonds. The van der Waals surface area contributed by atoms with E-state index in [1.165, 1.54) is 25.7 Å². The van der Waals surface area contributed by atoms with Crippen molar-refractivity contribution >= 4 is 5.91 Å². The van der Waals surface area contributed by atoms with Gasteiger partial charge in [-0.25, -0.2) is 0 Å². The molecule has 3 rings (SSSR count). The molecule has 0 saturated heterocycles. The lowest BCUT2D eigenvalue weighted by Crippen LogP contribution is -2.49. The van der Waals surface area contributed by atoms with Gasteiger partial charge in [0.05, 0.1) is 5.92 Å². The Labute approximate surface area is 116 Å². The highest BCUT2D eigenvalue weighted by Crippen LogP contribution is 2.47. The maximum Gasteiger partial charge on any atom is 0.225 e. The summed E-state index contributed by atoms with van der Waals surface area (Å²) in [5, 5.41) is 3.32. The van der Waals surface area contributed by atoms with Gasteiger partial charge in [-0.05, 0) is 62.2 Å². The van der Waals surface area contributed by atoms with E-state index in [4.69, 9.17) is 5.73 Å². The van der Waals surface area contributed by atoms with Crippen molar-refractivity contribution in [2.45, 2.75) is 64.5 Å². The van der Waals surface area contributed by atoms with E-state index in [9.17, 15) is 4.79 Å². The number of amides is 1. The van der Waals surface area contributed by atoms with Gasteiger partial charge in [0.1, 0.15) is 0 Å². The molecule has 0 aromatic rings. The first kappa shape index (κ1) is 13.4. The first-order valence-electron chi connectivity index (χ1n) is 8.10. The average Bonchev–Trinajstić information content (AvgIpc) is 2.87. The highest BCUT2D eigenvalue weighted by molar-refractivity contribution is 5.80. The zero-order chi connectivity index (χ0) is 13.6. The minimum Gasteiger partial charge on any atom is -0.353 e. The third kappa shape index (κ3) is 2.54. The summed E-state index contributed by atoms with van der Waals surface area (Å²) in [6.07, 6.45) is 7.25. The number of hydrogen-bond donors (Lipinski definition) is 2. The normalized spacial score (nSPS) is 49.3. The van der Waals surface area contributed by atoms with Crippen LogP contribution in [0, 0.1) is 29.6 Å². The third-order valence-electron chi connectivity index (χ3n) is 5.81. The van der Waals surface area contributed by atoms with E-state index in [0.717, 1.165) is 24.7 Å². The van der Waals surface area contributed by atoms with Gasteiger partial charge in [0.2, 0.25) is 5.91 Å². The maximum absolute atomic E-state index is 12.5. The van der Waals surface area contributed by atoms with Gasteiger partial charge >= 0.3 is 0 Å². The summed E-state index contributed by atoms with van der Waals surface area (Å²) in [6.45, 7) is 4.61. The Morgan fingerprint density at radius 2 is 1.63 bits per heavy atom. The van der Waals surface area contributed by atoms with E-state index in [1.54, 1.807) is 0 Å². The molecule has 0 aliphatic heterocycles. The molecule has 3 aliphatic carbocycles. The zero-order valence-corrected chi connectivity index (χ0v) is 12.3. The number of carbonyl (C=O) groups is 1. The number of nitrogens with one attached hydrogen (secondary N) is 1. The van der Waals surface area contributed by atoms with Crippen molar-refractivity contribution in [1.82, 2.24) is 5.32 Å². The Morgan fingerprint density at radius 3 is 2.21 bits per heavy atom. The molecule has 108 valence electrons. The third-order valence-corrected chi connectivity index (χ3v) is 5.81. The number of nitrogens with two attached hydrogens (primary N) is 1. The summed E-state index contributed by atoms with van der Waals surface area (Å²) in [5.41, 5.74) is 6.26. The van der Waals surface area contributed by atoms with Crippen LogP contribution in [-0.4, -0.2) is 18.0 Å². The molecule has 3 saturated carbocycles. The van der Waals surface area contributed by atoms with Crippen molar-refractivity contribution in [3.63, 3.8) is 0 Å². The van der Waals surface area contributed by atoms with Gasteiger partial charge in [-0.3, -0.25) is 4.79 Å². The van der Waals surface area contributed by atoms with Crippen molar-refractivity contribution in [3.8, 4) is 0 Å². The molecule has 3 fully saturated rings. The van der Waals surface area contributed by atoms with Crippen LogP contribution in [0.2, 0.25) is 0 Å². The quantitative estimate of drug-likeness (QED) is 0.804. The topological polar surface area (TPSA) is 55.1 Å². The lowest BCUT2D eigenvalue weighted by atomic mass is 9.79. The van der Waals surface area contributed by atoms with E-state index < -0.39 is 0 Å². The molecule has 0 aromatic heterocycles. The molecular weight excluding hydrogens is 236 g/mol. The van der Waals surface area contributed by atoms with Gasteiger partial charge in [-0.15, -0.1) is 0 Å².